The molecule has 0 saturated carbocycles. The van der Waals surface area contributed by atoms with Crippen LogP contribution in [0.1, 0.15) is 54.1 Å². The topological polar surface area (TPSA) is 55.8 Å². The monoisotopic (exact) mass is 511 g/mol. The second-order valence-electron chi connectivity index (χ2n) is 11.4. The average Bonchev–Trinajstić information content (AvgIpc) is 2.93. The van der Waals surface area contributed by atoms with E-state index < -0.39 is 23.4 Å². The van der Waals surface area contributed by atoms with Crippen molar-refractivity contribution in [2.75, 3.05) is 14.2 Å². The second-order valence-corrected chi connectivity index (χ2v) is 11.4. The van der Waals surface area contributed by atoms with Crippen LogP contribution in [-0.4, -0.2) is 37.1 Å². The van der Waals surface area contributed by atoms with Gasteiger partial charge in [0, 0.05) is 18.0 Å². The van der Waals surface area contributed by atoms with Crippen LogP contribution in [0.3, 0.4) is 0 Å². The Morgan fingerprint density at radius 1 is 0.868 bits per heavy atom. The largest absolute Gasteiger partial charge is 0.468 e. The standard InChI is InChI=1S/C33H37NO4/c1-22-13-12-18-27-26(22)19-25-20-33(30(35)37-4,31(36)38-5)29(24-16-10-7-11-17-24)34(28(25)32(27,2)3)21-23-14-8-6-9-15-23/h6-18,25,28-29H,19-21H2,1-5H3. The molecule has 3 unspecified atom stereocenters. The van der Waals surface area contributed by atoms with Crippen molar-refractivity contribution < 1.29 is 19.1 Å². The molecule has 1 saturated heterocycles. The summed E-state index contributed by atoms with van der Waals surface area (Å²) >= 11 is 0. The lowest BCUT2D eigenvalue weighted by Crippen LogP contribution is -2.66. The first-order chi connectivity index (χ1) is 18.3. The average molecular weight is 512 g/mol. The number of hydrogen-bond donors (Lipinski definition) is 0. The summed E-state index contributed by atoms with van der Waals surface area (Å²) in [5, 5.41) is 0. The number of aryl methyl sites for hydroxylation is 1. The maximum atomic E-state index is 13.9. The van der Waals surface area contributed by atoms with Crippen LogP contribution in [0.25, 0.3) is 0 Å². The van der Waals surface area contributed by atoms with Crippen LogP contribution in [0.5, 0.6) is 0 Å². The van der Waals surface area contributed by atoms with Crippen molar-refractivity contribution in [1.82, 2.24) is 4.90 Å². The zero-order chi connectivity index (χ0) is 27.1. The fourth-order valence-electron chi connectivity index (χ4n) is 7.47. The minimum atomic E-state index is -1.50. The van der Waals surface area contributed by atoms with Crippen LogP contribution in [0, 0.1) is 18.3 Å². The van der Waals surface area contributed by atoms with Gasteiger partial charge in [0.2, 0.25) is 0 Å². The van der Waals surface area contributed by atoms with E-state index in [-0.39, 0.29) is 17.4 Å². The minimum absolute atomic E-state index is 0.0421. The number of ether oxygens (including phenoxy) is 2. The SMILES string of the molecule is COC(=O)C1(C(=O)OC)CC2Cc3c(C)cccc3C(C)(C)C2N(Cc2ccccc2)C1c1ccccc1. The van der Waals surface area contributed by atoms with Crippen LogP contribution >= 0.6 is 0 Å². The molecule has 0 bridgehead atoms. The summed E-state index contributed by atoms with van der Waals surface area (Å²) in [5.74, 6) is -1.04. The third kappa shape index (κ3) is 4.04. The molecule has 0 aromatic heterocycles. The van der Waals surface area contributed by atoms with Crippen molar-refractivity contribution in [1.29, 1.82) is 0 Å². The molecule has 198 valence electrons. The summed E-state index contributed by atoms with van der Waals surface area (Å²) < 4.78 is 10.8. The molecule has 1 aliphatic heterocycles. The molecular formula is C33H37NO4. The van der Waals surface area contributed by atoms with E-state index in [1.54, 1.807) is 0 Å². The van der Waals surface area contributed by atoms with Crippen LogP contribution in [-0.2, 0) is 37.4 Å². The summed E-state index contributed by atoms with van der Waals surface area (Å²) in [5.41, 5.74) is 4.21. The molecule has 1 aliphatic carbocycles. The van der Waals surface area contributed by atoms with Crippen molar-refractivity contribution in [3.63, 3.8) is 0 Å². The lowest BCUT2D eigenvalue weighted by Gasteiger charge is -2.60. The van der Waals surface area contributed by atoms with Crippen molar-refractivity contribution >= 4 is 11.9 Å². The van der Waals surface area contributed by atoms with E-state index >= 15 is 0 Å². The van der Waals surface area contributed by atoms with Gasteiger partial charge in [0.25, 0.3) is 0 Å². The third-order valence-corrected chi connectivity index (χ3v) is 8.92. The predicted molar refractivity (Wildman–Crippen MR) is 147 cm³/mol. The van der Waals surface area contributed by atoms with E-state index in [0.717, 1.165) is 17.5 Å². The molecule has 0 N–H and O–H groups in total. The van der Waals surface area contributed by atoms with Gasteiger partial charge < -0.3 is 9.47 Å². The highest BCUT2D eigenvalue weighted by Crippen LogP contribution is 2.58. The lowest BCUT2D eigenvalue weighted by atomic mass is 9.55. The molecule has 38 heavy (non-hydrogen) atoms. The molecule has 5 heteroatoms. The fraction of sp³-hybridized carbons (Fsp3) is 0.394. The maximum Gasteiger partial charge on any atom is 0.325 e. The molecule has 1 heterocycles. The quantitative estimate of drug-likeness (QED) is 0.320. The Labute approximate surface area is 225 Å². The number of carbonyl (C=O) groups excluding carboxylic acids is 2. The van der Waals surface area contributed by atoms with Gasteiger partial charge in [0.1, 0.15) is 0 Å². The van der Waals surface area contributed by atoms with Gasteiger partial charge >= 0.3 is 11.9 Å². The zero-order valence-corrected chi connectivity index (χ0v) is 22.9. The molecular weight excluding hydrogens is 474 g/mol. The second kappa shape index (κ2) is 10.0. The molecule has 3 aromatic rings. The number of piperidine rings is 1. The van der Waals surface area contributed by atoms with Gasteiger partial charge in [-0.05, 0) is 53.5 Å². The van der Waals surface area contributed by atoms with Crippen LogP contribution < -0.4 is 0 Å². The Hall–Kier alpha value is -3.44. The number of carbonyl (C=O) groups is 2. The lowest BCUT2D eigenvalue weighted by molar-refractivity contribution is -0.189. The van der Waals surface area contributed by atoms with Gasteiger partial charge in [0.05, 0.1) is 20.3 Å². The number of methoxy groups -OCH3 is 2. The molecule has 3 atom stereocenters. The number of likely N-dealkylation sites (tertiary alicyclic amines) is 1. The molecule has 3 aromatic carbocycles. The van der Waals surface area contributed by atoms with Crippen molar-refractivity contribution in [3.8, 4) is 0 Å². The number of esters is 2. The molecule has 1 fully saturated rings. The molecule has 0 amide bonds. The molecule has 5 nitrogen and oxygen atoms in total. The van der Waals surface area contributed by atoms with Gasteiger partial charge in [-0.3, -0.25) is 14.5 Å². The summed E-state index contributed by atoms with van der Waals surface area (Å²) in [4.78, 5) is 30.1. The highest BCUT2D eigenvalue weighted by molar-refractivity contribution is 6.01. The first-order valence-electron chi connectivity index (χ1n) is 13.4. The Balaban J connectivity index is 1.80. The van der Waals surface area contributed by atoms with E-state index in [4.69, 9.17) is 9.47 Å². The van der Waals surface area contributed by atoms with Gasteiger partial charge in [-0.25, -0.2) is 0 Å². The Morgan fingerprint density at radius 3 is 2.08 bits per heavy atom. The van der Waals surface area contributed by atoms with Crippen molar-refractivity contribution in [2.24, 2.45) is 11.3 Å². The first-order valence-corrected chi connectivity index (χ1v) is 13.4. The minimum Gasteiger partial charge on any atom is -0.468 e. The van der Waals surface area contributed by atoms with Crippen LogP contribution in [0.2, 0.25) is 0 Å². The van der Waals surface area contributed by atoms with E-state index in [1.807, 2.05) is 48.5 Å². The summed E-state index contributed by atoms with van der Waals surface area (Å²) in [6, 6.07) is 26.3. The molecule has 0 spiro atoms. The number of hydrogen-bond acceptors (Lipinski definition) is 5. The molecule has 2 aliphatic rings. The van der Waals surface area contributed by atoms with E-state index in [9.17, 15) is 9.59 Å². The highest BCUT2D eigenvalue weighted by atomic mass is 16.5. The first kappa shape index (κ1) is 26.2. The van der Waals surface area contributed by atoms with Gasteiger partial charge in [-0.1, -0.05) is 92.7 Å². The molecule has 0 radical (unpaired) electrons. The van der Waals surface area contributed by atoms with Crippen LogP contribution in [0.4, 0.5) is 0 Å². The zero-order valence-electron chi connectivity index (χ0n) is 22.9. The number of benzene rings is 3. The Morgan fingerprint density at radius 2 is 1.47 bits per heavy atom. The normalized spacial score (nSPS) is 23.6. The van der Waals surface area contributed by atoms with Gasteiger partial charge in [-0.2, -0.15) is 0 Å². The van der Waals surface area contributed by atoms with Crippen LogP contribution in [0.15, 0.2) is 78.9 Å². The smallest absolute Gasteiger partial charge is 0.325 e. The fourth-order valence-corrected chi connectivity index (χ4v) is 7.47. The summed E-state index contributed by atoms with van der Waals surface area (Å²) in [6.07, 6.45) is 1.15. The summed E-state index contributed by atoms with van der Waals surface area (Å²) in [7, 11) is 2.74. The number of fused-ring (bicyclic) bond motifs is 2. The van der Waals surface area contributed by atoms with Crippen molar-refractivity contribution in [2.45, 2.75) is 57.7 Å². The van der Waals surface area contributed by atoms with Crippen molar-refractivity contribution in [3.05, 3.63) is 107 Å². The predicted octanol–water partition coefficient (Wildman–Crippen LogP) is 5.79. The summed E-state index contributed by atoms with van der Waals surface area (Å²) in [6.45, 7) is 7.36. The van der Waals surface area contributed by atoms with E-state index in [0.29, 0.717) is 13.0 Å². The third-order valence-electron chi connectivity index (χ3n) is 8.92. The number of rotatable bonds is 5. The maximum absolute atomic E-state index is 13.9. The van der Waals surface area contributed by atoms with Gasteiger partial charge in [-0.15, -0.1) is 0 Å². The molecule has 5 rings (SSSR count). The van der Waals surface area contributed by atoms with E-state index in [2.05, 4.69) is 56.0 Å². The van der Waals surface area contributed by atoms with E-state index in [1.165, 1.54) is 30.9 Å². The van der Waals surface area contributed by atoms with Gasteiger partial charge in [0.15, 0.2) is 5.41 Å². The Kier molecular flexibility index (Phi) is 6.91. The highest BCUT2D eigenvalue weighted by Gasteiger charge is 2.65. The number of nitrogens with zero attached hydrogens (tertiary/aromatic N) is 1. The Bertz CT molecular complexity index is 1300.